The molecule has 0 bridgehead atoms. The fraction of sp³-hybridized carbons (Fsp3) is 0.286. The first kappa shape index (κ1) is 18.7. The zero-order valence-corrected chi connectivity index (χ0v) is 12.8. The van der Waals surface area contributed by atoms with Crippen molar-refractivity contribution in [1.82, 2.24) is 4.90 Å². The van der Waals surface area contributed by atoms with Gasteiger partial charge in [0.25, 0.3) is 5.91 Å². The number of hydrogen-bond acceptors (Lipinski definition) is 7. The Morgan fingerprint density at radius 3 is 2.38 bits per heavy atom. The number of aromatic hydroxyl groups is 2. The molecule has 24 heavy (non-hydrogen) atoms. The van der Waals surface area contributed by atoms with Crippen molar-refractivity contribution in [1.29, 1.82) is 5.26 Å². The van der Waals surface area contributed by atoms with E-state index in [1.54, 1.807) is 13.8 Å². The summed E-state index contributed by atoms with van der Waals surface area (Å²) in [6.45, 7) is 3.64. The number of phenols is 2. The molecule has 0 spiro atoms. The molecule has 0 radical (unpaired) electrons. The Morgan fingerprint density at radius 2 is 1.96 bits per heavy atom. The molecule has 0 aliphatic heterocycles. The van der Waals surface area contributed by atoms with Crippen molar-refractivity contribution in [3.63, 3.8) is 0 Å². The zero-order valence-electron chi connectivity index (χ0n) is 12.8. The summed E-state index contributed by atoms with van der Waals surface area (Å²) in [6.07, 6.45) is 0. The van der Waals surface area contributed by atoms with E-state index in [-0.39, 0.29) is 13.1 Å². The molecule has 0 fully saturated rings. The number of nitro benzene ring substituents is 1. The number of aliphatic hydroxyl groups is 1. The summed E-state index contributed by atoms with van der Waals surface area (Å²) in [7, 11) is 0. The van der Waals surface area contributed by atoms with Gasteiger partial charge in [-0.2, -0.15) is 9.65 Å². The summed E-state index contributed by atoms with van der Waals surface area (Å²) in [6, 6.07) is 1.90. The van der Waals surface area contributed by atoms with Crippen LogP contribution in [0.3, 0.4) is 0 Å². The van der Waals surface area contributed by atoms with E-state index in [0.717, 1.165) is 0 Å². The highest BCUT2D eigenvalue weighted by molar-refractivity contribution is 6.03. The Morgan fingerprint density at radius 1 is 1.42 bits per heavy atom. The number of carbonyl (C=O) groups is 1. The van der Waals surface area contributed by atoms with Gasteiger partial charge in [0.05, 0.1) is 10.5 Å². The molecule has 1 rings (SSSR count). The Kier molecular flexibility index (Phi) is 5.67. The van der Waals surface area contributed by atoms with Crippen LogP contribution >= 0.6 is 0 Å². The molecule has 10 heteroatoms. The maximum Gasteiger partial charge on any atom is 0.350 e. The van der Waals surface area contributed by atoms with Gasteiger partial charge >= 0.3 is 5.69 Å². The summed E-state index contributed by atoms with van der Waals surface area (Å²) in [5.41, 5.74) is -3.28. The first-order chi connectivity index (χ1) is 11.2. The van der Waals surface area contributed by atoms with E-state index < -0.39 is 50.7 Å². The Hall–Kier alpha value is -3.35. The minimum Gasteiger partial charge on any atom is -0.506 e. The van der Waals surface area contributed by atoms with E-state index in [4.69, 9.17) is 5.26 Å². The number of hydrogen-bond donors (Lipinski definition) is 3. The third-order valence-electron chi connectivity index (χ3n) is 3.24. The molecule has 128 valence electrons. The third-order valence-corrected chi connectivity index (χ3v) is 3.24. The van der Waals surface area contributed by atoms with Crippen molar-refractivity contribution in [2.75, 3.05) is 13.1 Å². The predicted molar refractivity (Wildman–Crippen MR) is 79.5 cm³/mol. The molecular weight excluding hydrogens is 325 g/mol. The fourth-order valence-electron chi connectivity index (χ4n) is 1.97. The molecule has 0 aliphatic carbocycles. The summed E-state index contributed by atoms with van der Waals surface area (Å²) < 4.78 is 14.2. The number of rotatable bonds is 5. The van der Waals surface area contributed by atoms with Crippen LogP contribution in [0.15, 0.2) is 11.6 Å². The van der Waals surface area contributed by atoms with Gasteiger partial charge in [-0.05, 0) is 19.9 Å². The van der Waals surface area contributed by atoms with E-state index in [0.29, 0.717) is 6.07 Å². The number of nitriles is 1. The van der Waals surface area contributed by atoms with Crippen LogP contribution in [0.5, 0.6) is 11.5 Å². The third kappa shape index (κ3) is 3.19. The number of phenolic OH excluding ortho intramolecular Hbond substituents is 2. The Bertz CT molecular complexity index is 765. The van der Waals surface area contributed by atoms with Gasteiger partial charge in [-0.25, -0.2) is 0 Å². The maximum absolute atomic E-state index is 14.2. The molecular formula is C14H14FN3O6. The first-order valence-electron chi connectivity index (χ1n) is 6.72. The molecule has 0 saturated carbocycles. The normalized spacial score (nSPS) is 11.4. The van der Waals surface area contributed by atoms with E-state index in [9.17, 15) is 34.6 Å². The van der Waals surface area contributed by atoms with Crippen LogP contribution in [-0.2, 0) is 4.79 Å². The zero-order chi connectivity index (χ0) is 18.6. The standard InChI is InChI=1S/C14H14FN3O6/c1-3-17(4-2)14(22)8(6-16)12(20)7-5-9(19)13(21)11(10(7)15)18(23)24/h5,19-21H,3-4H2,1-2H3/b12-8-. The largest absolute Gasteiger partial charge is 0.506 e. The van der Waals surface area contributed by atoms with Crippen LogP contribution in [0.4, 0.5) is 10.1 Å². The average Bonchev–Trinajstić information content (AvgIpc) is 2.52. The predicted octanol–water partition coefficient (Wildman–Crippen LogP) is 1.81. The number of nitrogens with zero attached hydrogens (tertiary/aromatic N) is 3. The monoisotopic (exact) mass is 339 g/mol. The van der Waals surface area contributed by atoms with Crippen LogP contribution in [0.2, 0.25) is 0 Å². The lowest BCUT2D eigenvalue weighted by atomic mass is 10.1. The second kappa shape index (κ2) is 7.28. The lowest BCUT2D eigenvalue weighted by molar-refractivity contribution is -0.388. The van der Waals surface area contributed by atoms with Gasteiger partial charge in [0.15, 0.2) is 11.3 Å². The Balaban J connectivity index is 3.67. The summed E-state index contributed by atoms with van der Waals surface area (Å²) in [4.78, 5) is 22.8. The molecule has 3 N–H and O–H groups in total. The van der Waals surface area contributed by atoms with Crippen molar-refractivity contribution >= 4 is 17.4 Å². The molecule has 0 saturated heterocycles. The van der Waals surface area contributed by atoms with E-state index >= 15 is 0 Å². The average molecular weight is 339 g/mol. The molecule has 0 aromatic heterocycles. The number of nitro groups is 1. The van der Waals surface area contributed by atoms with E-state index in [1.807, 2.05) is 0 Å². The minimum atomic E-state index is -1.69. The number of benzene rings is 1. The fourth-order valence-corrected chi connectivity index (χ4v) is 1.97. The van der Waals surface area contributed by atoms with Crippen LogP contribution in [-0.4, -0.2) is 44.1 Å². The Labute approximate surface area is 135 Å². The van der Waals surface area contributed by atoms with Gasteiger partial charge in [0, 0.05) is 13.1 Å². The van der Waals surface area contributed by atoms with Crippen molar-refractivity contribution < 1.29 is 29.4 Å². The maximum atomic E-state index is 14.2. The molecule has 0 heterocycles. The van der Waals surface area contributed by atoms with Gasteiger partial charge < -0.3 is 20.2 Å². The molecule has 9 nitrogen and oxygen atoms in total. The topological polar surface area (TPSA) is 148 Å². The molecule has 0 atom stereocenters. The molecule has 1 aromatic rings. The van der Waals surface area contributed by atoms with Crippen molar-refractivity contribution in [3.8, 4) is 17.6 Å². The van der Waals surface area contributed by atoms with Gasteiger partial charge in [-0.3, -0.25) is 14.9 Å². The van der Waals surface area contributed by atoms with Crippen molar-refractivity contribution in [2.24, 2.45) is 0 Å². The summed E-state index contributed by atoms with van der Waals surface area (Å²) in [5, 5.41) is 48.7. The smallest absolute Gasteiger partial charge is 0.350 e. The minimum absolute atomic E-state index is 0.206. The molecule has 0 unspecified atom stereocenters. The molecule has 0 aliphatic rings. The van der Waals surface area contributed by atoms with Crippen molar-refractivity contribution in [3.05, 3.63) is 33.1 Å². The second-order valence-electron chi connectivity index (χ2n) is 4.52. The van der Waals surface area contributed by atoms with Crippen LogP contribution in [0, 0.1) is 27.3 Å². The highest BCUT2D eigenvalue weighted by Crippen LogP contribution is 2.41. The highest BCUT2D eigenvalue weighted by Gasteiger charge is 2.31. The second-order valence-corrected chi connectivity index (χ2v) is 4.52. The summed E-state index contributed by atoms with van der Waals surface area (Å²) >= 11 is 0. The number of likely N-dealkylation sites (N-methyl/N-ethyl adjacent to an activating group) is 1. The van der Waals surface area contributed by atoms with Gasteiger partial charge in [0.1, 0.15) is 11.8 Å². The van der Waals surface area contributed by atoms with Gasteiger partial charge in [-0.15, -0.1) is 0 Å². The quantitative estimate of drug-likeness (QED) is 0.185. The molecule has 1 amide bonds. The first-order valence-corrected chi connectivity index (χ1v) is 6.72. The number of aliphatic hydroxyl groups excluding tert-OH is 1. The number of amides is 1. The van der Waals surface area contributed by atoms with E-state index in [1.165, 1.54) is 11.0 Å². The van der Waals surface area contributed by atoms with Gasteiger partial charge in [-0.1, -0.05) is 0 Å². The van der Waals surface area contributed by atoms with Crippen molar-refractivity contribution in [2.45, 2.75) is 13.8 Å². The van der Waals surface area contributed by atoms with Crippen LogP contribution in [0.25, 0.3) is 5.76 Å². The lowest BCUT2D eigenvalue weighted by Gasteiger charge is -2.18. The van der Waals surface area contributed by atoms with E-state index in [2.05, 4.69) is 0 Å². The highest BCUT2D eigenvalue weighted by atomic mass is 19.1. The number of carbonyl (C=O) groups excluding carboxylic acids is 1. The van der Waals surface area contributed by atoms with Crippen LogP contribution < -0.4 is 0 Å². The lowest BCUT2D eigenvalue weighted by Crippen LogP contribution is -2.32. The van der Waals surface area contributed by atoms with Crippen LogP contribution in [0.1, 0.15) is 19.4 Å². The molecule has 1 aromatic carbocycles. The van der Waals surface area contributed by atoms with Gasteiger partial charge in [0.2, 0.25) is 11.6 Å². The summed E-state index contributed by atoms with van der Waals surface area (Å²) in [5.74, 6) is -6.19. The SMILES string of the molecule is CCN(CC)C(=O)/C(C#N)=C(\O)c1cc(O)c(O)c([N+](=O)[O-])c1F. The number of halogens is 1.